The number of carbonyl (C=O) groups is 6. The van der Waals surface area contributed by atoms with Gasteiger partial charge in [-0.1, -0.05) is 193 Å². The highest BCUT2D eigenvalue weighted by molar-refractivity contribution is 5.76. The summed E-state index contributed by atoms with van der Waals surface area (Å²) in [4.78, 5) is 67.5. The Balaban J connectivity index is 0.000000900. The smallest absolute Gasteiger partial charge is 0.309 e. The Bertz CT molecular complexity index is 4870. The minimum atomic E-state index is -0.860. The third kappa shape index (κ3) is 53.1. The quantitative estimate of drug-likeness (QED) is 0.00958. The van der Waals surface area contributed by atoms with Gasteiger partial charge in [-0.25, -0.2) is 0 Å². The first-order valence-electron chi connectivity index (χ1n) is 56.4. The molecular formula is C131H214O19. The topological polar surface area (TPSA) is 365 Å². The van der Waals surface area contributed by atoms with Crippen molar-refractivity contribution >= 4 is 35.8 Å². The van der Waals surface area contributed by atoms with Crippen LogP contribution in [0.25, 0.3) is 0 Å². The van der Waals surface area contributed by atoms with Gasteiger partial charge in [-0.2, -0.15) is 0 Å². The maximum absolute atomic E-state index is 11.3. The number of carboxylic acids is 6. The molecule has 0 fully saturated rings. The van der Waals surface area contributed by atoms with E-state index < -0.39 is 74.1 Å². The number of aliphatic carboxylic acids is 6. The Hall–Kier alpha value is -9.26. The number of unbranched alkanes of at least 4 members (excludes halogenated alkanes) is 4. The summed E-state index contributed by atoms with van der Waals surface area (Å²) >= 11 is 0. The van der Waals surface area contributed by atoms with Crippen LogP contribution in [0, 0.1) is 113 Å². The second-order valence-electron chi connectivity index (χ2n) is 54.9. The van der Waals surface area contributed by atoms with Crippen LogP contribution in [0.5, 0.6) is 40.2 Å². The number of hydrogen-bond donors (Lipinski definition) is 13. The molecule has 0 saturated heterocycles. The van der Waals surface area contributed by atoms with Gasteiger partial charge in [0.05, 0.1) is 32.5 Å². The summed E-state index contributed by atoms with van der Waals surface area (Å²) in [6.07, 6.45) is 36.9. The monoisotopic (exact) mass is 2090 g/mol. The van der Waals surface area contributed by atoms with Gasteiger partial charge in [0.2, 0.25) is 5.75 Å². The molecule has 0 aliphatic rings. The molecule has 6 rings (SSSR count). The van der Waals surface area contributed by atoms with Crippen LogP contribution in [0.4, 0.5) is 0 Å². The molecule has 0 amide bonds. The molecule has 6 aromatic rings. The summed E-state index contributed by atoms with van der Waals surface area (Å²) in [6, 6.07) is 19.8. The Morgan fingerprint density at radius 3 is 0.833 bits per heavy atom. The molecule has 150 heavy (non-hydrogen) atoms. The van der Waals surface area contributed by atoms with E-state index in [1.165, 1.54) is 148 Å². The molecule has 0 unspecified atom stereocenters. The number of benzene rings is 6. The van der Waals surface area contributed by atoms with Crippen molar-refractivity contribution < 1.29 is 95.2 Å². The minimum absolute atomic E-state index is 0.0169. The second-order valence-corrected chi connectivity index (χ2v) is 54.9. The summed E-state index contributed by atoms with van der Waals surface area (Å²) < 4.78 is 0. The largest absolute Gasteiger partial charge is 0.508 e. The molecule has 0 aromatic heterocycles. The Morgan fingerprint density at radius 2 is 0.453 bits per heavy atom. The number of aryl methyl sites for hydroxylation is 8. The first kappa shape index (κ1) is 139. The van der Waals surface area contributed by atoms with Crippen molar-refractivity contribution in [3.63, 3.8) is 0 Å². The van der Waals surface area contributed by atoms with Gasteiger partial charge in [-0.3, -0.25) is 28.8 Å². The number of phenols is 7. The molecule has 0 spiro atoms. The minimum Gasteiger partial charge on any atom is -0.508 e. The Kier molecular flexibility index (Phi) is 57.1. The van der Waals surface area contributed by atoms with Gasteiger partial charge in [0.1, 0.15) is 11.5 Å². The molecule has 0 aliphatic carbocycles. The van der Waals surface area contributed by atoms with Crippen LogP contribution >= 0.6 is 0 Å². The van der Waals surface area contributed by atoms with E-state index in [0.717, 1.165) is 152 Å². The molecule has 19 nitrogen and oxygen atoms in total. The van der Waals surface area contributed by atoms with Crippen molar-refractivity contribution in [1.82, 2.24) is 0 Å². The van der Waals surface area contributed by atoms with Crippen LogP contribution in [-0.4, -0.2) is 102 Å². The maximum Gasteiger partial charge on any atom is 0.309 e. The molecule has 0 aliphatic heterocycles. The fourth-order valence-electron chi connectivity index (χ4n) is 19.1. The molecule has 6 aromatic carbocycles. The van der Waals surface area contributed by atoms with Crippen LogP contribution < -0.4 is 0 Å². The zero-order valence-electron chi connectivity index (χ0n) is 101. The van der Waals surface area contributed by atoms with Crippen molar-refractivity contribution in [2.24, 2.45) is 65.0 Å². The van der Waals surface area contributed by atoms with E-state index in [1.54, 1.807) is 47.6 Å². The third-order valence-corrected chi connectivity index (χ3v) is 30.4. The van der Waals surface area contributed by atoms with Crippen LogP contribution in [0.1, 0.15) is 493 Å². The summed E-state index contributed by atoms with van der Waals surface area (Å²) in [6.45, 7) is 77.1. The summed E-state index contributed by atoms with van der Waals surface area (Å²) in [5, 5.41) is 126. The van der Waals surface area contributed by atoms with Crippen LogP contribution in [0.15, 0.2) is 60.7 Å². The molecule has 0 atom stereocenters. The van der Waals surface area contributed by atoms with E-state index in [1.807, 2.05) is 47.6 Å². The highest BCUT2D eigenvalue weighted by atomic mass is 16.4. The molecule has 0 radical (unpaired) electrons. The zero-order chi connectivity index (χ0) is 116. The van der Waals surface area contributed by atoms with Gasteiger partial charge < -0.3 is 66.4 Å². The first-order valence-corrected chi connectivity index (χ1v) is 56.4. The van der Waals surface area contributed by atoms with E-state index in [9.17, 15) is 95.2 Å². The van der Waals surface area contributed by atoms with Gasteiger partial charge in [-0.05, 0) is 496 Å². The molecule has 0 heterocycles. The molecule has 0 saturated carbocycles. The lowest BCUT2D eigenvalue weighted by Gasteiger charge is -2.23. The lowest BCUT2D eigenvalue weighted by molar-refractivity contribution is -0.148. The van der Waals surface area contributed by atoms with E-state index in [-0.39, 0.29) is 39.6 Å². The molecule has 0 bridgehead atoms. The average molecular weight is 2090 g/mol. The number of rotatable bonds is 52. The van der Waals surface area contributed by atoms with Crippen LogP contribution in [0.2, 0.25) is 0 Å². The lowest BCUT2D eigenvalue weighted by Crippen LogP contribution is -2.23. The fraction of sp³-hybridized carbons (Fsp3) is 0.679. The molecule has 19 heteroatoms. The predicted molar refractivity (Wildman–Crippen MR) is 622 cm³/mol. The van der Waals surface area contributed by atoms with Crippen molar-refractivity contribution in [2.75, 3.05) is 0 Å². The van der Waals surface area contributed by atoms with Crippen molar-refractivity contribution in [3.8, 4) is 40.2 Å². The third-order valence-electron chi connectivity index (χ3n) is 30.4. The average Bonchev–Trinajstić information content (AvgIpc) is 0.824. The Morgan fingerprint density at radius 1 is 0.187 bits per heavy atom. The van der Waals surface area contributed by atoms with E-state index in [0.29, 0.717) is 102 Å². The zero-order valence-corrected chi connectivity index (χ0v) is 101. The maximum atomic E-state index is 11.3. The number of carboxylic acid groups (broad SMARTS) is 6. The summed E-state index contributed by atoms with van der Waals surface area (Å²) in [7, 11) is 0. The van der Waals surface area contributed by atoms with Crippen molar-refractivity contribution in [2.45, 2.75) is 513 Å². The molecule has 13 N–H and O–H groups in total. The van der Waals surface area contributed by atoms with E-state index in [2.05, 4.69) is 209 Å². The van der Waals surface area contributed by atoms with Crippen molar-refractivity contribution in [3.05, 3.63) is 166 Å². The number of hydrogen-bond acceptors (Lipinski definition) is 13. The molecule has 852 valence electrons. The number of aromatic hydroxyl groups is 7. The predicted octanol–water partition coefficient (Wildman–Crippen LogP) is 34.6. The van der Waals surface area contributed by atoms with Gasteiger partial charge in [0.15, 0.2) is 23.0 Å². The summed E-state index contributed by atoms with van der Waals surface area (Å²) in [5.74, 6) is -5.86. The van der Waals surface area contributed by atoms with Gasteiger partial charge in [0.25, 0.3) is 0 Å². The normalized spacial score (nSPS) is 12.4. The highest BCUT2D eigenvalue weighted by Gasteiger charge is 2.34. The van der Waals surface area contributed by atoms with Crippen LogP contribution in [0.3, 0.4) is 0 Å². The van der Waals surface area contributed by atoms with Gasteiger partial charge >= 0.3 is 35.8 Å². The number of phenolic OH excluding ortho intramolecular Hbond substituents is 7. The Labute approximate surface area is 910 Å². The lowest BCUT2D eigenvalue weighted by atomic mass is 9.82. The standard InChI is InChI=1S/3C23H38O2.C22H36O3.2C20H32O5/c1-16-15-19(11-9-13-22(4,5)6)20(18(3)17(16)2)12-10-14-23(7,8)21(24)25;1-16-15-17(2)19(11-9-13-22(4,5)6)20(18(16)3)12-10-14-23(7,8)21(24)25;1-18-12-11-14-19(13-7-9-16-22(2,3)4)20(18)15-8-10-17-23(5,6)21(24)25;1-21(2,3)15-8-6-11-17-12-10-14-19(23)18(17)13-7-9-16-22(4,5)20(24)25;1-19(2,3)10-6-8-13-14(17(23)16(22)12-15(13)21)9-7-11-20(4,5)18(24)25;1-19(2,3)10-6-8-13-12-15(21)17(23)16(22)14(13)9-7-11-20(4,5)18(24)25/h2*15H,9-14H2,1-8H3,(H,24,25);11-12,14H,7-10,13,15-17H2,1-6H3,(H,24,25);10,12,14,23H,6-9,11,13,15-16H2,1-5H3,(H,24,25);2*12,21-23H,6-11H2,1-5H3,(H,24,25). The van der Waals surface area contributed by atoms with Crippen molar-refractivity contribution in [1.29, 1.82) is 0 Å². The van der Waals surface area contributed by atoms with E-state index >= 15 is 0 Å². The van der Waals surface area contributed by atoms with E-state index in [4.69, 9.17) is 0 Å². The van der Waals surface area contributed by atoms with Crippen LogP contribution in [-0.2, 0) is 106 Å². The molecular weight excluding hydrogens is 1880 g/mol. The fourth-order valence-corrected chi connectivity index (χ4v) is 19.1. The SMILES string of the molecule is CC(C)(C)CCCCc1cccc(O)c1CCCCC(C)(C)C(=O)O.CC(C)(C)CCCc1c(O)cc(O)c(O)c1CCCC(C)(C)C(=O)O.CC(C)(C)CCCc1cc(O)c(O)c(O)c1CCCC(C)(C)C(=O)O.Cc1cc(C)c(CCCC(C)(C)C)c(CCCC(C)(C)C(=O)O)c1C.Cc1cc(CCCC(C)(C)C)c(CCCC(C)(C)C(=O)O)c(C)c1C.Cc1cccc(CCCCC(C)(C)C)c1CCCCC(C)(C)C(=O)O. The highest BCUT2D eigenvalue weighted by Crippen LogP contribution is 2.45. The van der Waals surface area contributed by atoms with Gasteiger partial charge in [0, 0.05) is 22.8 Å². The van der Waals surface area contributed by atoms with Gasteiger partial charge in [-0.15, -0.1) is 0 Å². The first-order chi connectivity index (χ1) is 68.5. The second kappa shape index (κ2) is 61.7. The summed E-state index contributed by atoms with van der Waals surface area (Å²) in [5.41, 5.74) is 21.1.